The van der Waals surface area contributed by atoms with Gasteiger partial charge in [-0.05, 0) is 42.0 Å². The Labute approximate surface area is 179 Å². The van der Waals surface area contributed by atoms with Gasteiger partial charge in [-0.1, -0.05) is 41.9 Å². The molecule has 0 bridgehead atoms. The Bertz CT molecular complexity index is 1200. The first-order chi connectivity index (χ1) is 13.7. The second-order valence-corrected chi connectivity index (χ2v) is 7.36. The molecule has 4 nitrogen and oxygen atoms in total. The minimum Gasteiger partial charge on any atom is -0.381 e. The number of rotatable bonds is 4. The molecule has 1 aromatic heterocycles. The topological polar surface area (TPSA) is 56.9 Å². The lowest BCUT2D eigenvalue weighted by Gasteiger charge is -2.06. The zero-order chi connectivity index (χ0) is 19.1. The zero-order valence-electron chi connectivity index (χ0n) is 15.5. The highest BCUT2D eigenvalue weighted by atomic mass is 35.5. The van der Waals surface area contributed by atoms with E-state index in [4.69, 9.17) is 11.6 Å². The van der Waals surface area contributed by atoms with Gasteiger partial charge in [0.2, 0.25) is 0 Å². The predicted octanol–water partition coefficient (Wildman–Crippen LogP) is 5.77. The molecule has 0 saturated heterocycles. The predicted molar refractivity (Wildman–Crippen MR) is 121 cm³/mol. The van der Waals surface area contributed by atoms with Gasteiger partial charge in [-0.15, -0.1) is 12.4 Å². The first-order valence-corrected chi connectivity index (χ1v) is 9.57. The molecule has 0 fully saturated rings. The van der Waals surface area contributed by atoms with E-state index in [9.17, 15) is 4.79 Å². The van der Waals surface area contributed by atoms with Gasteiger partial charge < -0.3 is 15.6 Å². The molecule has 1 amide bonds. The summed E-state index contributed by atoms with van der Waals surface area (Å²) in [6.45, 7) is 1.23. The number of hydrogen-bond donors (Lipinski definition) is 3. The van der Waals surface area contributed by atoms with Gasteiger partial charge in [0.05, 0.1) is 5.56 Å². The SMILES string of the molecule is Cl.O=C1NCc2c(Cl)ccc(-c3cc4cc(CNc5ccccc5)ccc4[nH]3)c21. The van der Waals surface area contributed by atoms with Gasteiger partial charge in [-0.3, -0.25) is 4.79 Å². The van der Waals surface area contributed by atoms with Crippen molar-refractivity contribution < 1.29 is 4.79 Å². The Hall–Kier alpha value is -2.95. The van der Waals surface area contributed by atoms with Gasteiger partial charge in [0.15, 0.2) is 0 Å². The van der Waals surface area contributed by atoms with Crippen LogP contribution in [0.3, 0.4) is 0 Å². The van der Waals surface area contributed by atoms with E-state index < -0.39 is 0 Å². The van der Waals surface area contributed by atoms with Crippen LogP contribution in [0.15, 0.2) is 66.7 Å². The van der Waals surface area contributed by atoms with E-state index in [1.165, 1.54) is 5.56 Å². The number of para-hydroxylation sites is 1. The van der Waals surface area contributed by atoms with Crippen molar-refractivity contribution in [1.29, 1.82) is 0 Å². The van der Waals surface area contributed by atoms with Crippen molar-refractivity contribution in [2.24, 2.45) is 0 Å². The summed E-state index contributed by atoms with van der Waals surface area (Å²) in [5, 5.41) is 8.04. The fourth-order valence-corrected chi connectivity index (χ4v) is 3.96. The van der Waals surface area contributed by atoms with Crippen molar-refractivity contribution in [3.8, 4) is 11.3 Å². The Balaban J connectivity index is 0.00000205. The highest BCUT2D eigenvalue weighted by Gasteiger charge is 2.26. The van der Waals surface area contributed by atoms with Crippen molar-refractivity contribution in [1.82, 2.24) is 10.3 Å². The van der Waals surface area contributed by atoms with Crippen LogP contribution >= 0.6 is 24.0 Å². The first kappa shape index (κ1) is 19.4. The van der Waals surface area contributed by atoms with Crippen molar-refractivity contribution in [3.63, 3.8) is 0 Å². The number of aromatic amines is 1. The third-order valence-electron chi connectivity index (χ3n) is 5.15. The summed E-state index contributed by atoms with van der Waals surface area (Å²) in [6.07, 6.45) is 0. The van der Waals surface area contributed by atoms with Gasteiger partial charge in [-0.25, -0.2) is 0 Å². The minimum atomic E-state index is -0.0705. The molecule has 29 heavy (non-hydrogen) atoms. The van der Waals surface area contributed by atoms with E-state index in [-0.39, 0.29) is 18.3 Å². The molecule has 0 saturated carbocycles. The number of anilines is 1. The van der Waals surface area contributed by atoms with Crippen molar-refractivity contribution in [2.45, 2.75) is 13.1 Å². The summed E-state index contributed by atoms with van der Waals surface area (Å²) in [6, 6.07) is 22.4. The maximum Gasteiger partial charge on any atom is 0.252 e. The Kier molecular flexibility index (Phi) is 5.22. The van der Waals surface area contributed by atoms with Crippen LogP contribution in [0.2, 0.25) is 5.02 Å². The first-order valence-electron chi connectivity index (χ1n) is 9.19. The van der Waals surface area contributed by atoms with Crippen LogP contribution in [0.4, 0.5) is 5.69 Å². The van der Waals surface area contributed by atoms with Crippen LogP contribution in [-0.2, 0) is 13.1 Å². The average molecular weight is 424 g/mol. The highest BCUT2D eigenvalue weighted by molar-refractivity contribution is 6.32. The summed E-state index contributed by atoms with van der Waals surface area (Å²) in [7, 11) is 0. The fourth-order valence-electron chi connectivity index (χ4n) is 3.73. The quantitative estimate of drug-likeness (QED) is 0.390. The van der Waals surface area contributed by atoms with Crippen LogP contribution in [0, 0.1) is 0 Å². The number of H-pyrrole nitrogens is 1. The summed E-state index contributed by atoms with van der Waals surface area (Å²) < 4.78 is 0. The molecule has 2 heterocycles. The standard InChI is InChI=1S/C23H18ClN3O.ClH/c24-19-8-7-17(22-18(19)13-26-23(22)28)21-11-15-10-14(6-9-20(15)27-21)12-25-16-4-2-1-3-5-16;/h1-11,25,27H,12-13H2,(H,26,28);1H. The molecular weight excluding hydrogens is 405 g/mol. The molecule has 3 aromatic carbocycles. The van der Waals surface area contributed by atoms with E-state index in [1.807, 2.05) is 30.3 Å². The molecule has 0 atom stereocenters. The van der Waals surface area contributed by atoms with Crippen LogP contribution in [-0.4, -0.2) is 10.9 Å². The lowest BCUT2D eigenvalue weighted by atomic mass is 10.0. The van der Waals surface area contributed by atoms with Crippen molar-refractivity contribution >= 4 is 46.5 Å². The smallest absolute Gasteiger partial charge is 0.252 e. The number of carbonyl (C=O) groups excluding carboxylic acids is 1. The molecule has 1 aliphatic heterocycles. The third kappa shape index (κ3) is 3.57. The monoisotopic (exact) mass is 423 g/mol. The number of amides is 1. The van der Waals surface area contributed by atoms with Crippen LogP contribution < -0.4 is 10.6 Å². The van der Waals surface area contributed by atoms with Gasteiger partial charge >= 0.3 is 0 Å². The Morgan fingerprint density at radius 2 is 1.83 bits per heavy atom. The summed E-state index contributed by atoms with van der Waals surface area (Å²) in [5.74, 6) is -0.0705. The summed E-state index contributed by atoms with van der Waals surface area (Å²) >= 11 is 6.27. The second kappa shape index (κ2) is 7.82. The normalized spacial score (nSPS) is 12.4. The number of halogens is 2. The van der Waals surface area contributed by atoms with Gasteiger partial charge in [0.25, 0.3) is 5.91 Å². The van der Waals surface area contributed by atoms with Crippen LogP contribution in [0.1, 0.15) is 21.5 Å². The van der Waals surface area contributed by atoms with E-state index in [0.29, 0.717) is 17.1 Å². The number of benzene rings is 3. The van der Waals surface area contributed by atoms with E-state index in [2.05, 4.69) is 52.0 Å². The molecule has 146 valence electrons. The number of fused-ring (bicyclic) bond motifs is 2. The average Bonchev–Trinajstić information content (AvgIpc) is 3.32. The number of nitrogens with one attached hydrogen (secondary N) is 3. The van der Waals surface area contributed by atoms with Crippen molar-refractivity contribution in [3.05, 3.63) is 88.4 Å². The molecule has 0 spiro atoms. The number of carbonyl (C=O) groups is 1. The maximum atomic E-state index is 12.3. The summed E-state index contributed by atoms with van der Waals surface area (Å²) in [5.41, 5.74) is 6.69. The number of aromatic nitrogens is 1. The van der Waals surface area contributed by atoms with E-state index >= 15 is 0 Å². The van der Waals surface area contributed by atoms with E-state index in [0.717, 1.165) is 40.0 Å². The van der Waals surface area contributed by atoms with Crippen LogP contribution in [0.5, 0.6) is 0 Å². The van der Waals surface area contributed by atoms with E-state index in [1.54, 1.807) is 0 Å². The molecule has 0 aliphatic carbocycles. The molecule has 3 N–H and O–H groups in total. The molecule has 0 unspecified atom stereocenters. The molecule has 5 rings (SSSR count). The number of hydrogen-bond acceptors (Lipinski definition) is 2. The molecule has 6 heteroatoms. The molecule has 0 radical (unpaired) electrons. The second-order valence-electron chi connectivity index (χ2n) is 6.96. The maximum absolute atomic E-state index is 12.3. The minimum absolute atomic E-state index is 0. The molecule has 4 aromatic rings. The lowest BCUT2D eigenvalue weighted by Crippen LogP contribution is -2.13. The third-order valence-corrected chi connectivity index (χ3v) is 5.51. The fraction of sp³-hybridized carbons (Fsp3) is 0.0870. The van der Waals surface area contributed by atoms with Gasteiger partial charge in [-0.2, -0.15) is 0 Å². The lowest BCUT2D eigenvalue weighted by molar-refractivity contribution is 0.0966. The van der Waals surface area contributed by atoms with Gasteiger partial charge in [0, 0.05) is 51.5 Å². The zero-order valence-corrected chi connectivity index (χ0v) is 17.0. The van der Waals surface area contributed by atoms with Crippen LogP contribution in [0.25, 0.3) is 22.2 Å². The van der Waals surface area contributed by atoms with Crippen molar-refractivity contribution in [2.75, 3.05) is 5.32 Å². The largest absolute Gasteiger partial charge is 0.381 e. The Morgan fingerprint density at radius 1 is 1.00 bits per heavy atom. The summed E-state index contributed by atoms with van der Waals surface area (Å²) in [4.78, 5) is 15.7. The Morgan fingerprint density at radius 3 is 2.66 bits per heavy atom. The highest BCUT2D eigenvalue weighted by Crippen LogP contribution is 2.34. The molecule has 1 aliphatic rings. The molecular formula is C23H19Cl2N3O. The van der Waals surface area contributed by atoms with Gasteiger partial charge in [0.1, 0.15) is 0 Å².